The number of halogens is 5. The monoisotopic (exact) mass is 303 g/mol. The van der Waals surface area contributed by atoms with E-state index in [1.807, 2.05) is 0 Å². The summed E-state index contributed by atoms with van der Waals surface area (Å²) in [5, 5.41) is 10.4. The van der Waals surface area contributed by atoms with Gasteiger partial charge in [0.15, 0.2) is 0 Å². The average molecular weight is 303 g/mol. The van der Waals surface area contributed by atoms with E-state index in [0.29, 0.717) is 12.1 Å². The summed E-state index contributed by atoms with van der Waals surface area (Å²) < 4.78 is 64.1. The molecule has 0 bridgehead atoms. The Morgan fingerprint density at radius 1 is 1.05 bits per heavy atom. The number of hydrogen-bond donors (Lipinski definition) is 1. The van der Waals surface area contributed by atoms with Crippen LogP contribution in [-0.4, -0.2) is 10.1 Å². The fourth-order valence-electron chi connectivity index (χ4n) is 1.86. The number of aliphatic hydroxyl groups is 1. The highest BCUT2D eigenvalue weighted by molar-refractivity contribution is 5.36. The topological polar surface area (TPSA) is 33.1 Å². The number of aromatic nitrogens is 1. The lowest BCUT2D eigenvalue weighted by Gasteiger charge is -2.24. The van der Waals surface area contributed by atoms with Gasteiger partial charge >= 0.3 is 6.18 Å². The molecule has 0 spiro atoms. The Morgan fingerprint density at radius 2 is 1.71 bits per heavy atom. The first-order chi connectivity index (χ1) is 9.62. The molecule has 0 fully saturated rings. The van der Waals surface area contributed by atoms with Crippen molar-refractivity contribution < 1.29 is 27.1 Å². The Morgan fingerprint density at radius 3 is 2.24 bits per heavy atom. The molecule has 0 amide bonds. The molecule has 2 aromatic rings. The maximum atomic E-state index is 13.2. The third-order valence-corrected chi connectivity index (χ3v) is 3.06. The van der Waals surface area contributed by atoms with Gasteiger partial charge in [-0.25, -0.2) is 8.78 Å². The molecular formula is C14H10F5NO. The van der Waals surface area contributed by atoms with Crippen LogP contribution in [0.3, 0.4) is 0 Å². The Hall–Kier alpha value is -2.02. The van der Waals surface area contributed by atoms with Crippen molar-refractivity contribution in [2.24, 2.45) is 0 Å². The Balaban J connectivity index is 2.52. The quantitative estimate of drug-likeness (QED) is 0.859. The predicted octanol–water partition coefficient (Wildman–Crippen LogP) is 3.63. The summed E-state index contributed by atoms with van der Waals surface area (Å²) in [7, 11) is 0. The molecule has 7 heteroatoms. The molecule has 21 heavy (non-hydrogen) atoms. The summed E-state index contributed by atoms with van der Waals surface area (Å²) in [6.07, 6.45) is -4.05. The number of alkyl halides is 3. The SMILES string of the molecule is CC(O)(c1ccc(F)c(C(F)(F)F)c1)c1ccc(F)cn1. The van der Waals surface area contributed by atoms with Crippen LogP contribution in [0.1, 0.15) is 23.7 Å². The summed E-state index contributed by atoms with van der Waals surface area (Å²) in [6, 6.07) is 4.32. The maximum absolute atomic E-state index is 13.2. The first-order valence-corrected chi connectivity index (χ1v) is 5.84. The molecule has 2 rings (SSSR count). The van der Waals surface area contributed by atoms with Gasteiger partial charge in [0.05, 0.1) is 17.5 Å². The van der Waals surface area contributed by atoms with Crippen LogP contribution in [0.25, 0.3) is 0 Å². The number of benzene rings is 1. The molecule has 0 aliphatic carbocycles. The third-order valence-electron chi connectivity index (χ3n) is 3.06. The molecule has 1 aromatic carbocycles. The van der Waals surface area contributed by atoms with E-state index < -0.39 is 29.0 Å². The molecule has 1 aromatic heterocycles. The smallest absolute Gasteiger partial charge is 0.379 e. The molecule has 112 valence electrons. The molecule has 0 saturated carbocycles. The second kappa shape index (κ2) is 5.07. The van der Waals surface area contributed by atoms with Crippen LogP contribution in [0.2, 0.25) is 0 Å². The van der Waals surface area contributed by atoms with Crippen molar-refractivity contribution in [3.05, 3.63) is 65.0 Å². The van der Waals surface area contributed by atoms with E-state index in [0.717, 1.165) is 24.4 Å². The highest BCUT2D eigenvalue weighted by Crippen LogP contribution is 2.35. The number of rotatable bonds is 2. The summed E-state index contributed by atoms with van der Waals surface area (Å²) in [4.78, 5) is 3.64. The van der Waals surface area contributed by atoms with Crippen LogP contribution < -0.4 is 0 Å². The van der Waals surface area contributed by atoms with Crippen molar-refractivity contribution in [1.82, 2.24) is 4.98 Å². The van der Waals surface area contributed by atoms with Crippen LogP contribution in [0, 0.1) is 11.6 Å². The van der Waals surface area contributed by atoms with E-state index in [9.17, 15) is 27.1 Å². The predicted molar refractivity (Wildman–Crippen MR) is 64.3 cm³/mol. The van der Waals surface area contributed by atoms with Crippen LogP contribution in [0.4, 0.5) is 22.0 Å². The Labute approximate surface area is 116 Å². The standard InChI is InChI=1S/C14H10F5NO/c1-13(21,12-5-3-9(15)7-20-12)8-2-4-11(16)10(6-8)14(17,18)19/h2-7,21H,1H3. The van der Waals surface area contributed by atoms with Gasteiger partial charge in [-0.15, -0.1) is 0 Å². The first kappa shape index (κ1) is 15.4. The molecule has 2 nitrogen and oxygen atoms in total. The minimum Gasteiger partial charge on any atom is -0.379 e. The molecule has 0 aliphatic rings. The maximum Gasteiger partial charge on any atom is 0.419 e. The minimum absolute atomic E-state index is 0.0522. The molecule has 1 N–H and O–H groups in total. The molecule has 1 unspecified atom stereocenters. The van der Waals surface area contributed by atoms with Crippen molar-refractivity contribution in [3.8, 4) is 0 Å². The van der Waals surface area contributed by atoms with Gasteiger partial charge < -0.3 is 5.11 Å². The lowest BCUT2D eigenvalue weighted by atomic mass is 9.90. The molecule has 1 atom stereocenters. The fourth-order valence-corrected chi connectivity index (χ4v) is 1.86. The van der Waals surface area contributed by atoms with Crippen molar-refractivity contribution in [2.45, 2.75) is 18.7 Å². The van der Waals surface area contributed by atoms with Gasteiger partial charge in [-0.3, -0.25) is 4.98 Å². The minimum atomic E-state index is -4.88. The number of hydrogen-bond acceptors (Lipinski definition) is 2. The molecule has 0 radical (unpaired) electrons. The summed E-state index contributed by atoms with van der Waals surface area (Å²) in [5.74, 6) is -2.08. The molecular weight excluding hydrogens is 293 g/mol. The average Bonchev–Trinajstić information content (AvgIpc) is 2.38. The van der Waals surface area contributed by atoms with Crippen LogP contribution in [0.5, 0.6) is 0 Å². The second-order valence-electron chi connectivity index (χ2n) is 4.63. The van der Waals surface area contributed by atoms with Crippen LogP contribution in [-0.2, 0) is 11.8 Å². The highest BCUT2D eigenvalue weighted by Gasteiger charge is 2.36. The van der Waals surface area contributed by atoms with E-state index in [2.05, 4.69) is 4.98 Å². The normalized spacial score (nSPS) is 14.8. The van der Waals surface area contributed by atoms with E-state index in [1.54, 1.807) is 0 Å². The third kappa shape index (κ3) is 3.02. The van der Waals surface area contributed by atoms with Gasteiger partial charge in [-0.2, -0.15) is 13.2 Å². The van der Waals surface area contributed by atoms with Crippen molar-refractivity contribution in [1.29, 1.82) is 0 Å². The first-order valence-electron chi connectivity index (χ1n) is 5.84. The molecule has 0 aliphatic heterocycles. The van der Waals surface area contributed by atoms with Gasteiger partial charge in [-0.05, 0) is 36.8 Å². The van der Waals surface area contributed by atoms with Gasteiger partial charge in [0.25, 0.3) is 0 Å². The molecule has 1 heterocycles. The fraction of sp³-hybridized carbons (Fsp3) is 0.214. The van der Waals surface area contributed by atoms with Crippen molar-refractivity contribution in [3.63, 3.8) is 0 Å². The van der Waals surface area contributed by atoms with Gasteiger partial charge in [0, 0.05) is 0 Å². The van der Waals surface area contributed by atoms with Gasteiger partial charge in [0.1, 0.15) is 17.2 Å². The van der Waals surface area contributed by atoms with E-state index >= 15 is 0 Å². The Bertz CT molecular complexity index is 649. The lowest BCUT2D eigenvalue weighted by Crippen LogP contribution is -2.25. The molecule has 0 saturated heterocycles. The summed E-state index contributed by atoms with van der Waals surface area (Å²) >= 11 is 0. The zero-order valence-corrected chi connectivity index (χ0v) is 10.7. The van der Waals surface area contributed by atoms with E-state index in [1.165, 1.54) is 6.92 Å². The largest absolute Gasteiger partial charge is 0.419 e. The van der Waals surface area contributed by atoms with E-state index in [-0.39, 0.29) is 11.3 Å². The van der Waals surface area contributed by atoms with Gasteiger partial charge in [-0.1, -0.05) is 6.07 Å². The zero-order chi connectivity index (χ0) is 15.8. The number of pyridine rings is 1. The van der Waals surface area contributed by atoms with Crippen LogP contribution in [0.15, 0.2) is 36.5 Å². The highest BCUT2D eigenvalue weighted by atomic mass is 19.4. The Kier molecular flexibility index (Phi) is 3.71. The summed E-state index contributed by atoms with van der Waals surface area (Å²) in [5.41, 5.74) is -3.65. The second-order valence-corrected chi connectivity index (χ2v) is 4.63. The zero-order valence-electron chi connectivity index (χ0n) is 10.7. The lowest BCUT2D eigenvalue weighted by molar-refractivity contribution is -0.140. The summed E-state index contributed by atoms with van der Waals surface area (Å²) in [6.45, 7) is 1.20. The van der Waals surface area contributed by atoms with E-state index in [4.69, 9.17) is 0 Å². The van der Waals surface area contributed by atoms with Gasteiger partial charge in [0.2, 0.25) is 0 Å². The van der Waals surface area contributed by atoms with Crippen LogP contribution >= 0.6 is 0 Å². The number of nitrogens with zero attached hydrogens (tertiary/aromatic N) is 1. The van der Waals surface area contributed by atoms with Crippen molar-refractivity contribution in [2.75, 3.05) is 0 Å². The van der Waals surface area contributed by atoms with Crippen molar-refractivity contribution >= 4 is 0 Å².